The number of hydrogen-bond acceptors (Lipinski definition) is 6. The minimum Gasteiger partial charge on any atom is -0.340 e. The van der Waals surface area contributed by atoms with Crippen molar-refractivity contribution in [3.63, 3.8) is 0 Å². The highest BCUT2D eigenvalue weighted by atomic mass is 32.2. The lowest BCUT2D eigenvalue weighted by Crippen LogP contribution is -2.50. The molecule has 1 aromatic rings. The van der Waals surface area contributed by atoms with Gasteiger partial charge in [-0.2, -0.15) is 11.3 Å². The molecule has 3 aliphatic rings. The normalized spacial score (nSPS) is 28.8. The highest BCUT2D eigenvalue weighted by molar-refractivity contribution is 7.91. The van der Waals surface area contributed by atoms with E-state index in [1.807, 2.05) is 4.90 Å². The Morgan fingerprint density at radius 2 is 2.00 bits per heavy atom. The van der Waals surface area contributed by atoms with Gasteiger partial charge in [0.15, 0.2) is 9.84 Å². The third-order valence-corrected chi connectivity index (χ3v) is 8.31. The van der Waals surface area contributed by atoms with Crippen molar-refractivity contribution >= 4 is 33.0 Å². The fourth-order valence-electron chi connectivity index (χ4n) is 4.30. The molecule has 9 heteroatoms. The average Bonchev–Trinajstić information content (AvgIpc) is 3.35. The lowest BCUT2D eigenvalue weighted by molar-refractivity contribution is -0.137. The first kappa shape index (κ1) is 18.9. The second-order valence-electron chi connectivity index (χ2n) is 7.74. The van der Waals surface area contributed by atoms with Crippen LogP contribution in [-0.2, 0) is 26.0 Å². The molecule has 1 aromatic heterocycles. The van der Waals surface area contributed by atoms with Crippen LogP contribution in [0.3, 0.4) is 0 Å². The van der Waals surface area contributed by atoms with E-state index in [0.717, 1.165) is 19.6 Å². The molecular weight excluding hydrogens is 386 g/mol. The van der Waals surface area contributed by atoms with Gasteiger partial charge < -0.3 is 9.80 Å². The van der Waals surface area contributed by atoms with Gasteiger partial charge in [-0.15, -0.1) is 0 Å². The quantitative estimate of drug-likeness (QED) is 0.718. The van der Waals surface area contributed by atoms with Gasteiger partial charge in [0.05, 0.1) is 17.4 Å². The average molecular weight is 412 g/mol. The second-order valence-corrected chi connectivity index (χ2v) is 10.7. The van der Waals surface area contributed by atoms with Crippen molar-refractivity contribution in [1.82, 2.24) is 14.7 Å². The van der Waals surface area contributed by atoms with Crippen LogP contribution in [0.5, 0.6) is 0 Å². The molecule has 3 aliphatic heterocycles. The largest absolute Gasteiger partial charge is 0.340 e. The summed E-state index contributed by atoms with van der Waals surface area (Å²) >= 11 is 1.70. The van der Waals surface area contributed by atoms with E-state index < -0.39 is 9.84 Å². The first-order chi connectivity index (χ1) is 12.9. The monoisotopic (exact) mass is 411 g/mol. The van der Waals surface area contributed by atoms with Crippen LogP contribution in [0, 0.1) is 5.92 Å². The summed E-state index contributed by atoms with van der Waals surface area (Å²) in [6.07, 6.45) is 0.709. The first-order valence-corrected chi connectivity index (χ1v) is 12.2. The van der Waals surface area contributed by atoms with Crippen LogP contribution in [0.4, 0.5) is 0 Å². The first-order valence-electron chi connectivity index (χ1n) is 9.43. The molecule has 0 aliphatic carbocycles. The third kappa shape index (κ3) is 4.20. The van der Waals surface area contributed by atoms with Gasteiger partial charge in [0.1, 0.15) is 0 Å². The minimum absolute atomic E-state index is 0.0426. The molecule has 0 saturated carbocycles. The molecule has 2 amide bonds. The van der Waals surface area contributed by atoms with E-state index in [9.17, 15) is 18.0 Å². The molecule has 0 aromatic carbocycles. The van der Waals surface area contributed by atoms with Crippen molar-refractivity contribution in [2.75, 3.05) is 44.2 Å². The van der Waals surface area contributed by atoms with Crippen LogP contribution in [0.1, 0.15) is 18.4 Å². The Morgan fingerprint density at radius 1 is 1.22 bits per heavy atom. The van der Waals surface area contributed by atoms with Crippen LogP contribution in [-0.4, -0.2) is 85.2 Å². The molecule has 7 nitrogen and oxygen atoms in total. The topological polar surface area (TPSA) is 78.0 Å². The minimum atomic E-state index is -3.04. The van der Waals surface area contributed by atoms with E-state index in [1.54, 1.807) is 16.2 Å². The SMILES string of the molecule is O=C(C1CC(=O)N(C2CCS(=O)(=O)C2)C1)N1CCN(Cc2ccsc2)CC1. The smallest absolute Gasteiger partial charge is 0.228 e. The molecule has 3 saturated heterocycles. The van der Waals surface area contributed by atoms with Gasteiger partial charge in [0.2, 0.25) is 11.8 Å². The Kier molecular flexibility index (Phi) is 5.26. The maximum Gasteiger partial charge on any atom is 0.228 e. The van der Waals surface area contributed by atoms with Crippen LogP contribution < -0.4 is 0 Å². The molecule has 0 radical (unpaired) electrons. The molecule has 4 heterocycles. The molecule has 0 bridgehead atoms. The van der Waals surface area contributed by atoms with Gasteiger partial charge in [-0.05, 0) is 28.8 Å². The number of likely N-dealkylation sites (tertiary alicyclic amines) is 1. The van der Waals surface area contributed by atoms with E-state index >= 15 is 0 Å². The predicted molar refractivity (Wildman–Crippen MR) is 103 cm³/mol. The van der Waals surface area contributed by atoms with E-state index in [2.05, 4.69) is 21.7 Å². The fraction of sp³-hybridized carbons (Fsp3) is 0.667. The standard InChI is InChI=1S/C18H25N3O4S2/c22-17-9-15(11-21(17)16-2-8-27(24,25)13-16)18(23)20-5-3-19(4-6-20)10-14-1-7-26-12-14/h1,7,12,15-16H,2-6,8-11,13H2. The molecule has 3 fully saturated rings. The molecule has 4 rings (SSSR count). The van der Waals surface area contributed by atoms with Crippen LogP contribution in [0.25, 0.3) is 0 Å². The molecule has 2 atom stereocenters. The predicted octanol–water partition coefficient (Wildman–Crippen LogP) is 0.428. The van der Waals surface area contributed by atoms with Gasteiger partial charge in [-0.3, -0.25) is 14.5 Å². The molecule has 27 heavy (non-hydrogen) atoms. The maximum absolute atomic E-state index is 12.9. The third-order valence-electron chi connectivity index (χ3n) is 5.83. The zero-order valence-electron chi connectivity index (χ0n) is 15.2. The van der Waals surface area contributed by atoms with Crippen molar-refractivity contribution in [3.8, 4) is 0 Å². The van der Waals surface area contributed by atoms with E-state index in [1.165, 1.54) is 5.56 Å². The number of piperazine rings is 1. The van der Waals surface area contributed by atoms with Crippen molar-refractivity contribution < 1.29 is 18.0 Å². The zero-order valence-corrected chi connectivity index (χ0v) is 16.9. The maximum atomic E-state index is 12.9. The fourth-order valence-corrected chi connectivity index (χ4v) is 6.69. The molecular formula is C18H25N3O4S2. The van der Waals surface area contributed by atoms with Crippen LogP contribution >= 0.6 is 11.3 Å². The number of rotatable bonds is 4. The number of thiophene rings is 1. The summed E-state index contributed by atoms with van der Waals surface area (Å²) in [5.74, 6) is -0.176. The summed E-state index contributed by atoms with van der Waals surface area (Å²) in [6, 6.07) is 1.88. The Balaban J connectivity index is 1.29. The van der Waals surface area contributed by atoms with Gasteiger partial charge in [-0.1, -0.05) is 0 Å². The van der Waals surface area contributed by atoms with Crippen LogP contribution in [0.2, 0.25) is 0 Å². The summed E-state index contributed by atoms with van der Waals surface area (Å²) < 4.78 is 23.4. The number of carbonyl (C=O) groups is 2. The van der Waals surface area contributed by atoms with Crippen molar-refractivity contribution in [3.05, 3.63) is 22.4 Å². The number of carbonyl (C=O) groups excluding carboxylic acids is 2. The summed E-state index contributed by atoms with van der Waals surface area (Å²) in [7, 11) is -3.04. The number of hydrogen-bond donors (Lipinski definition) is 0. The summed E-state index contributed by atoms with van der Waals surface area (Å²) in [5.41, 5.74) is 1.31. The highest BCUT2D eigenvalue weighted by Gasteiger charge is 2.43. The van der Waals surface area contributed by atoms with E-state index in [-0.39, 0.29) is 41.7 Å². The van der Waals surface area contributed by atoms with Crippen molar-refractivity contribution in [1.29, 1.82) is 0 Å². The number of nitrogens with zero attached hydrogens (tertiary/aromatic N) is 3. The lowest BCUT2D eigenvalue weighted by Gasteiger charge is -2.35. The second kappa shape index (κ2) is 7.52. The molecule has 0 N–H and O–H groups in total. The summed E-state index contributed by atoms with van der Waals surface area (Å²) in [5, 5.41) is 4.23. The van der Waals surface area contributed by atoms with Crippen LogP contribution in [0.15, 0.2) is 16.8 Å². The lowest BCUT2D eigenvalue weighted by atomic mass is 10.1. The van der Waals surface area contributed by atoms with E-state index in [0.29, 0.717) is 26.1 Å². The molecule has 0 spiro atoms. The Bertz CT molecular complexity index is 801. The Hall–Kier alpha value is -1.45. The van der Waals surface area contributed by atoms with Gasteiger partial charge in [0, 0.05) is 51.7 Å². The molecule has 148 valence electrons. The molecule has 2 unspecified atom stereocenters. The van der Waals surface area contributed by atoms with Crippen molar-refractivity contribution in [2.24, 2.45) is 5.92 Å². The Morgan fingerprint density at radius 3 is 2.63 bits per heavy atom. The number of amides is 2. The zero-order chi connectivity index (χ0) is 19.0. The summed E-state index contributed by atoms with van der Waals surface area (Å²) in [4.78, 5) is 31.1. The van der Waals surface area contributed by atoms with Crippen molar-refractivity contribution in [2.45, 2.75) is 25.4 Å². The highest BCUT2D eigenvalue weighted by Crippen LogP contribution is 2.27. The number of sulfone groups is 1. The Labute approximate surface area is 163 Å². The van der Waals surface area contributed by atoms with Gasteiger partial charge in [-0.25, -0.2) is 8.42 Å². The summed E-state index contributed by atoms with van der Waals surface area (Å²) in [6.45, 7) is 4.33. The van der Waals surface area contributed by atoms with Gasteiger partial charge in [0.25, 0.3) is 0 Å². The van der Waals surface area contributed by atoms with E-state index in [4.69, 9.17) is 0 Å². The van der Waals surface area contributed by atoms with Gasteiger partial charge >= 0.3 is 0 Å².